The molecule has 2 unspecified atom stereocenters. The van der Waals surface area contributed by atoms with E-state index in [0.717, 1.165) is 12.0 Å². The third-order valence-corrected chi connectivity index (χ3v) is 5.23. The van der Waals surface area contributed by atoms with Crippen molar-refractivity contribution in [2.45, 2.75) is 50.2 Å². The third-order valence-electron chi connectivity index (χ3n) is 5.23. The molecule has 0 spiro atoms. The fourth-order valence-electron chi connectivity index (χ4n) is 3.64. The zero-order chi connectivity index (χ0) is 21.9. The molecule has 2 rings (SSSR count). The molecule has 1 fully saturated rings. The first kappa shape index (κ1) is 27.1. The van der Waals surface area contributed by atoms with E-state index in [9.17, 15) is 14.4 Å². The van der Waals surface area contributed by atoms with Gasteiger partial charge in [0.15, 0.2) is 5.96 Å². The first-order chi connectivity index (χ1) is 14.5. The van der Waals surface area contributed by atoms with Gasteiger partial charge >= 0.3 is 29.6 Å². The summed E-state index contributed by atoms with van der Waals surface area (Å²) >= 11 is 0. The number of benzene rings is 1. The number of likely N-dealkylation sites (tertiary alicyclic amines) is 1. The van der Waals surface area contributed by atoms with Crippen LogP contribution in [0.2, 0.25) is 0 Å². The fraction of sp³-hybridized carbons (Fsp3) is 0.524. The van der Waals surface area contributed by atoms with Gasteiger partial charge in [0.25, 0.3) is 0 Å². The predicted octanol–water partition coefficient (Wildman–Crippen LogP) is -3.34. The molecule has 9 nitrogen and oxygen atoms in total. The summed E-state index contributed by atoms with van der Waals surface area (Å²) in [6, 6.07) is 8.14. The van der Waals surface area contributed by atoms with Crippen LogP contribution in [-0.2, 0) is 20.8 Å². The van der Waals surface area contributed by atoms with Gasteiger partial charge in [0.1, 0.15) is 12.3 Å². The van der Waals surface area contributed by atoms with E-state index in [4.69, 9.17) is 11.5 Å². The van der Waals surface area contributed by atoms with Crippen LogP contribution < -0.4 is 51.7 Å². The number of hydrogen-bond donors (Lipinski definition) is 4. The van der Waals surface area contributed by atoms with E-state index in [2.05, 4.69) is 15.6 Å². The number of aldehydes is 1. The summed E-state index contributed by atoms with van der Waals surface area (Å²) < 4.78 is 0. The average molecular weight is 441 g/mol. The summed E-state index contributed by atoms with van der Waals surface area (Å²) in [7, 11) is 1.75. The van der Waals surface area contributed by atoms with Gasteiger partial charge in [-0.3, -0.25) is 14.6 Å². The summed E-state index contributed by atoms with van der Waals surface area (Å²) in [4.78, 5) is 42.8. The summed E-state index contributed by atoms with van der Waals surface area (Å²) in [6.45, 7) is 0.917. The minimum absolute atomic E-state index is 0. The number of likely N-dealkylation sites (N-methyl/N-ethyl adjacent to an activating group) is 1. The smallest absolute Gasteiger partial charge is 1.00 e. The normalized spacial score (nSPS) is 17.2. The quantitative estimate of drug-likeness (QED) is 0.0932. The topological polar surface area (TPSA) is 143 Å². The zero-order valence-corrected chi connectivity index (χ0v) is 20.4. The van der Waals surface area contributed by atoms with Crippen molar-refractivity contribution in [3.8, 4) is 0 Å². The van der Waals surface area contributed by atoms with E-state index in [0.29, 0.717) is 45.1 Å². The summed E-state index contributed by atoms with van der Waals surface area (Å²) in [5, 5.41) is 5.83. The summed E-state index contributed by atoms with van der Waals surface area (Å²) in [5.41, 5.74) is 11.6. The van der Waals surface area contributed by atoms with Crippen LogP contribution in [0.3, 0.4) is 0 Å². The molecule has 2 amide bonds. The van der Waals surface area contributed by atoms with Crippen LogP contribution in [0, 0.1) is 0 Å². The van der Waals surface area contributed by atoms with Crippen LogP contribution in [0.15, 0.2) is 35.3 Å². The first-order valence-corrected chi connectivity index (χ1v) is 10.3. The van der Waals surface area contributed by atoms with Crippen molar-refractivity contribution in [3.05, 3.63) is 35.9 Å². The van der Waals surface area contributed by atoms with E-state index < -0.39 is 18.1 Å². The molecule has 0 aliphatic carbocycles. The number of hydrogen-bond acceptors (Lipinski definition) is 5. The molecule has 1 heterocycles. The van der Waals surface area contributed by atoms with E-state index >= 15 is 0 Å². The Morgan fingerprint density at radius 3 is 2.65 bits per heavy atom. The molecule has 0 saturated carbocycles. The van der Waals surface area contributed by atoms with Gasteiger partial charge in [-0.1, -0.05) is 30.3 Å². The number of nitrogens with two attached hydrogens (primary N) is 2. The summed E-state index contributed by atoms with van der Waals surface area (Å²) in [5.74, 6) is -0.403. The fourth-order valence-corrected chi connectivity index (χ4v) is 3.64. The number of aliphatic imine (C=N–C) groups is 1. The Labute approximate surface area is 207 Å². The van der Waals surface area contributed by atoms with Gasteiger partial charge in [-0.05, 0) is 44.7 Å². The van der Waals surface area contributed by atoms with Crippen molar-refractivity contribution in [3.63, 3.8) is 0 Å². The van der Waals surface area contributed by atoms with Crippen LogP contribution in [0.25, 0.3) is 0 Å². The Kier molecular flexibility index (Phi) is 12.4. The number of carbonyl (C=O) groups is 3. The molecule has 166 valence electrons. The first-order valence-electron chi connectivity index (χ1n) is 10.3. The van der Waals surface area contributed by atoms with Gasteiger partial charge < -0.3 is 33.2 Å². The SMILES string of the molecule is CNC(Cc1ccccc1)C(=O)N1CCC[C@H]1C(=O)NC(C=O)CCCN=C(N)N.[H-].[Na+]. The Bertz CT molecular complexity index is 748. The van der Waals surface area contributed by atoms with Gasteiger partial charge in [0.05, 0.1) is 12.1 Å². The maximum atomic E-state index is 13.1. The molecule has 1 aliphatic rings. The third kappa shape index (κ3) is 8.60. The minimum atomic E-state index is -0.631. The van der Waals surface area contributed by atoms with Gasteiger partial charge in [0.2, 0.25) is 11.8 Å². The van der Waals surface area contributed by atoms with Crippen LogP contribution in [0.1, 0.15) is 32.7 Å². The second-order valence-electron chi connectivity index (χ2n) is 7.42. The van der Waals surface area contributed by atoms with Crippen LogP contribution >= 0.6 is 0 Å². The van der Waals surface area contributed by atoms with E-state index in [1.54, 1.807) is 11.9 Å². The van der Waals surface area contributed by atoms with Crippen molar-refractivity contribution < 1.29 is 45.4 Å². The average Bonchev–Trinajstić information content (AvgIpc) is 3.24. The molecular formula is C21H33N6NaO3. The number of nitrogens with one attached hydrogen (secondary N) is 2. The molecule has 0 aromatic heterocycles. The van der Waals surface area contributed by atoms with Crippen molar-refractivity contribution in [1.82, 2.24) is 15.5 Å². The largest absolute Gasteiger partial charge is 1.00 e. The Balaban J connectivity index is 0.00000480. The predicted molar refractivity (Wildman–Crippen MR) is 117 cm³/mol. The van der Waals surface area contributed by atoms with Crippen molar-refractivity contribution >= 4 is 24.1 Å². The second kappa shape index (κ2) is 14.2. The van der Waals surface area contributed by atoms with Gasteiger partial charge in [-0.25, -0.2) is 0 Å². The molecule has 6 N–H and O–H groups in total. The van der Waals surface area contributed by atoms with Crippen LogP contribution in [0.4, 0.5) is 0 Å². The van der Waals surface area contributed by atoms with E-state index in [1.165, 1.54) is 0 Å². The number of rotatable bonds is 11. The molecule has 10 heteroatoms. The molecule has 1 aromatic carbocycles. The molecule has 1 aliphatic heterocycles. The Morgan fingerprint density at radius 2 is 2.03 bits per heavy atom. The molecule has 31 heavy (non-hydrogen) atoms. The van der Waals surface area contributed by atoms with Crippen LogP contribution in [-0.4, -0.2) is 67.2 Å². The molecule has 3 atom stereocenters. The molecule has 0 bridgehead atoms. The maximum Gasteiger partial charge on any atom is 1.00 e. The number of guanidine groups is 1. The summed E-state index contributed by atoms with van der Waals surface area (Å²) in [6.07, 6.45) is 3.58. The molecular weight excluding hydrogens is 407 g/mol. The van der Waals surface area contributed by atoms with E-state index in [-0.39, 0.29) is 48.8 Å². The Hall–Kier alpha value is -1.94. The van der Waals surface area contributed by atoms with Gasteiger partial charge in [-0.2, -0.15) is 0 Å². The number of amides is 2. The van der Waals surface area contributed by atoms with Crippen molar-refractivity contribution in [1.29, 1.82) is 0 Å². The molecule has 1 aromatic rings. The number of nitrogens with zero attached hydrogens (tertiary/aromatic N) is 2. The minimum Gasteiger partial charge on any atom is -1.00 e. The van der Waals surface area contributed by atoms with E-state index in [1.807, 2.05) is 30.3 Å². The van der Waals surface area contributed by atoms with Crippen LogP contribution in [0.5, 0.6) is 0 Å². The molecule has 0 radical (unpaired) electrons. The molecule has 1 saturated heterocycles. The van der Waals surface area contributed by atoms with Gasteiger partial charge in [0, 0.05) is 13.1 Å². The Morgan fingerprint density at radius 1 is 1.32 bits per heavy atom. The second-order valence-corrected chi connectivity index (χ2v) is 7.42. The zero-order valence-electron chi connectivity index (χ0n) is 19.4. The monoisotopic (exact) mass is 440 g/mol. The number of carbonyl (C=O) groups excluding carboxylic acids is 3. The van der Waals surface area contributed by atoms with Crippen molar-refractivity contribution in [2.24, 2.45) is 16.5 Å². The van der Waals surface area contributed by atoms with Crippen molar-refractivity contribution in [2.75, 3.05) is 20.1 Å². The standard InChI is InChI=1S/C21H32N6O3.Na.H/c1-24-17(13-15-7-3-2-4-8-15)20(30)27-12-6-10-18(27)19(29)26-16(14-28)9-5-11-25-21(22)23;;/h2-4,7-8,14,16-18,24H,5-6,9-13H2,1H3,(H,26,29)(H4,22,23,25);;/q;+1;-1/t16?,17?,18-;;/m0../s1. The van der Waals surface area contributed by atoms with Gasteiger partial charge in [-0.15, -0.1) is 0 Å². The maximum absolute atomic E-state index is 13.1.